The fourth-order valence-electron chi connectivity index (χ4n) is 1.35. The van der Waals surface area contributed by atoms with E-state index in [4.69, 9.17) is 5.73 Å². The van der Waals surface area contributed by atoms with Gasteiger partial charge in [-0.2, -0.15) is 0 Å². The maximum atomic E-state index is 11.2. The Hall–Kier alpha value is -1.06. The zero-order chi connectivity index (χ0) is 12.8. The normalized spacial score (nSPS) is 17.2. The molecule has 1 aliphatic rings. The molecule has 1 rings (SSSR count). The minimum Gasteiger partial charge on any atom is -0.370 e. The first-order valence-electron chi connectivity index (χ1n) is 5.69. The van der Waals surface area contributed by atoms with Crippen molar-refractivity contribution < 1.29 is 9.59 Å². The molecule has 8 heteroatoms. The van der Waals surface area contributed by atoms with Gasteiger partial charge in [-0.15, -0.1) is 24.0 Å². The summed E-state index contributed by atoms with van der Waals surface area (Å²) in [6.45, 7) is 4.68. The molecular formula is C10H20IN5O2. The van der Waals surface area contributed by atoms with Gasteiger partial charge in [0.05, 0.1) is 19.6 Å². The maximum absolute atomic E-state index is 11.2. The number of carbonyl (C=O) groups excluding carboxylic acids is 2. The summed E-state index contributed by atoms with van der Waals surface area (Å²) in [6, 6.07) is -0.103. The fraction of sp³-hybridized carbons (Fsp3) is 0.700. The van der Waals surface area contributed by atoms with Crippen molar-refractivity contribution in [2.24, 2.45) is 10.7 Å². The van der Waals surface area contributed by atoms with Gasteiger partial charge in [-0.1, -0.05) is 6.92 Å². The van der Waals surface area contributed by atoms with Crippen LogP contribution in [-0.2, 0) is 4.79 Å². The summed E-state index contributed by atoms with van der Waals surface area (Å²) in [6.07, 6.45) is 0.948. The van der Waals surface area contributed by atoms with E-state index >= 15 is 0 Å². The van der Waals surface area contributed by atoms with Gasteiger partial charge in [0.2, 0.25) is 5.91 Å². The van der Waals surface area contributed by atoms with E-state index in [0.717, 1.165) is 11.3 Å². The summed E-state index contributed by atoms with van der Waals surface area (Å²) in [7, 11) is 0. The lowest BCUT2D eigenvalue weighted by atomic mass is 10.3. The molecule has 3 amide bonds. The van der Waals surface area contributed by atoms with Crippen LogP contribution in [0.15, 0.2) is 4.99 Å². The highest BCUT2D eigenvalue weighted by molar-refractivity contribution is 14.0. The molecule has 104 valence electrons. The number of amides is 3. The molecule has 18 heavy (non-hydrogen) atoms. The van der Waals surface area contributed by atoms with Crippen LogP contribution in [0.3, 0.4) is 0 Å². The van der Waals surface area contributed by atoms with Crippen LogP contribution in [0, 0.1) is 0 Å². The Balaban J connectivity index is 0.00000289. The summed E-state index contributed by atoms with van der Waals surface area (Å²) >= 11 is 0. The van der Waals surface area contributed by atoms with Crippen molar-refractivity contribution in [2.45, 2.75) is 26.3 Å². The van der Waals surface area contributed by atoms with Crippen molar-refractivity contribution in [2.75, 3.05) is 19.6 Å². The van der Waals surface area contributed by atoms with Crippen molar-refractivity contribution in [3.05, 3.63) is 0 Å². The van der Waals surface area contributed by atoms with E-state index in [2.05, 4.69) is 15.6 Å². The Kier molecular flexibility index (Phi) is 7.64. The van der Waals surface area contributed by atoms with Gasteiger partial charge in [0.25, 0.3) is 0 Å². The van der Waals surface area contributed by atoms with Gasteiger partial charge in [0.1, 0.15) is 0 Å². The van der Waals surface area contributed by atoms with E-state index in [-0.39, 0.29) is 55.0 Å². The highest BCUT2D eigenvalue weighted by Gasteiger charge is 2.27. The molecule has 1 fully saturated rings. The van der Waals surface area contributed by atoms with Crippen LogP contribution in [0.25, 0.3) is 0 Å². The molecule has 7 nitrogen and oxygen atoms in total. The average Bonchev–Trinajstić information content (AvgIpc) is 2.60. The second-order valence-electron chi connectivity index (χ2n) is 3.92. The van der Waals surface area contributed by atoms with E-state index < -0.39 is 0 Å². The SMILES string of the molecule is CCC(C)NC(N)=NCCN1C(=O)CNC1=O.I. The number of hydrogen-bond donors (Lipinski definition) is 3. The summed E-state index contributed by atoms with van der Waals surface area (Å²) in [5, 5.41) is 5.44. The van der Waals surface area contributed by atoms with Crippen molar-refractivity contribution >= 4 is 41.9 Å². The number of halogens is 1. The Morgan fingerprint density at radius 2 is 2.28 bits per heavy atom. The second-order valence-corrected chi connectivity index (χ2v) is 3.92. The van der Waals surface area contributed by atoms with Crippen LogP contribution >= 0.6 is 24.0 Å². The molecule has 1 saturated heterocycles. The molecule has 0 bridgehead atoms. The van der Waals surface area contributed by atoms with Crippen LogP contribution in [0.5, 0.6) is 0 Å². The molecule has 0 spiro atoms. The van der Waals surface area contributed by atoms with E-state index in [1.807, 2.05) is 13.8 Å². The topological polar surface area (TPSA) is 99.8 Å². The first-order chi connectivity index (χ1) is 8.04. The predicted octanol–water partition coefficient (Wildman–Crippen LogP) is -0.141. The third kappa shape index (κ3) is 5.07. The number of nitrogens with two attached hydrogens (primary N) is 1. The molecule has 0 saturated carbocycles. The molecule has 0 aromatic rings. The summed E-state index contributed by atoms with van der Waals surface area (Å²) < 4.78 is 0. The first kappa shape index (κ1) is 16.9. The number of urea groups is 1. The Bertz CT molecular complexity index is 318. The highest BCUT2D eigenvalue weighted by atomic mass is 127. The van der Waals surface area contributed by atoms with Gasteiger partial charge < -0.3 is 16.4 Å². The van der Waals surface area contributed by atoms with Crippen molar-refractivity contribution in [3.8, 4) is 0 Å². The van der Waals surface area contributed by atoms with Crippen molar-refractivity contribution in [3.63, 3.8) is 0 Å². The van der Waals surface area contributed by atoms with Crippen LogP contribution in [0.1, 0.15) is 20.3 Å². The first-order valence-corrected chi connectivity index (χ1v) is 5.69. The number of guanidine groups is 1. The second kappa shape index (κ2) is 8.11. The Morgan fingerprint density at radius 1 is 1.61 bits per heavy atom. The number of rotatable bonds is 5. The van der Waals surface area contributed by atoms with E-state index in [9.17, 15) is 9.59 Å². The van der Waals surface area contributed by atoms with Gasteiger partial charge in [-0.05, 0) is 13.3 Å². The monoisotopic (exact) mass is 369 g/mol. The van der Waals surface area contributed by atoms with Crippen molar-refractivity contribution in [1.29, 1.82) is 0 Å². The minimum atomic E-state index is -0.362. The van der Waals surface area contributed by atoms with Gasteiger partial charge in [0.15, 0.2) is 5.96 Å². The number of carbonyl (C=O) groups is 2. The molecule has 1 atom stereocenters. The highest BCUT2D eigenvalue weighted by Crippen LogP contribution is 1.97. The Morgan fingerprint density at radius 3 is 2.78 bits per heavy atom. The minimum absolute atomic E-state index is 0. The molecule has 0 aromatic heterocycles. The maximum Gasteiger partial charge on any atom is 0.324 e. The molecule has 4 N–H and O–H groups in total. The smallest absolute Gasteiger partial charge is 0.324 e. The number of nitrogens with zero attached hydrogens (tertiary/aromatic N) is 2. The van der Waals surface area contributed by atoms with E-state index in [1.54, 1.807) is 0 Å². The predicted molar refractivity (Wildman–Crippen MR) is 79.9 cm³/mol. The zero-order valence-corrected chi connectivity index (χ0v) is 12.9. The van der Waals surface area contributed by atoms with Crippen LogP contribution in [-0.4, -0.2) is 48.5 Å². The molecule has 0 aliphatic carbocycles. The quantitative estimate of drug-likeness (QED) is 0.272. The third-order valence-corrected chi connectivity index (χ3v) is 2.55. The standard InChI is InChI=1S/C10H19N5O2.HI/c1-3-7(2)14-9(11)12-4-5-15-8(16)6-13-10(15)17;/h7H,3-6H2,1-2H3,(H,13,17)(H3,11,12,14);1H. The molecule has 0 aromatic carbocycles. The fourth-order valence-corrected chi connectivity index (χ4v) is 1.35. The number of nitrogens with one attached hydrogen (secondary N) is 2. The number of hydrogen-bond acceptors (Lipinski definition) is 3. The molecule has 1 aliphatic heterocycles. The third-order valence-electron chi connectivity index (χ3n) is 2.55. The van der Waals surface area contributed by atoms with Crippen LogP contribution in [0.2, 0.25) is 0 Å². The molecular weight excluding hydrogens is 349 g/mol. The summed E-state index contributed by atoms with van der Waals surface area (Å²) in [4.78, 5) is 27.6. The Labute approximate surface area is 124 Å². The van der Waals surface area contributed by atoms with Crippen LogP contribution < -0.4 is 16.4 Å². The van der Waals surface area contributed by atoms with Crippen molar-refractivity contribution in [1.82, 2.24) is 15.5 Å². The van der Waals surface area contributed by atoms with Crippen LogP contribution in [0.4, 0.5) is 4.79 Å². The largest absolute Gasteiger partial charge is 0.370 e. The zero-order valence-electron chi connectivity index (χ0n) is 10.6. The van der Waals surface area contributed by atoms with E-state index in [0.29, 0.717) is 12.5 Å². The lowest BCUT2D eigenvalue weighted by molar-refractivity contribution is -0.124. The average molecular weight is 369 g/mol. The lowest BCUT2D eigenvalue weighted by Gasteiger charge is -2.13. The number of imide groups is 1. The molecule has 1 unspecified atom stereocenters. The summed E-state index contributed by atoms with van der Waals surface area (Å²) in [5.41, 5.74) is 5.64. The molecule has 0 radical (unpaired) electrons. The van der Waals surface area contributed by atoms with Gasteiger partial charge in [-0.3, -0.25) is 14.7 Å². The molecule has 1 heterocycles. The van der Waals surface area contributed by atoms with Gasteiger partial charge in [-0.25, -0.2) is 4.79 Å². The number of aliphatic imine (C=N–C) groups is 1. The van der Waals surface area contributed by atoms with Gasteiger partial charge >= 0.3 is 6.03 Å². The van der Waals surface area contributed by atoms with Gasteiger partial charge in [0, 0.05) is 6.04 Å². The van der Waals surface area contributed by atoms with E-state index in [1.165, 1.54) is 0 Å². The summed E-state index contributed by atoms with van der Waals surface area (Å²) in [5.74, 6) is 0.116. The lowest BCUT2D eigenvalue weighted by Crippen LogP contribution is -2.39.